The second kappa shape index (κ2) is 6.35. The van der Waals surface area contributed by atoms with Gasteiger partial charge in [0.2, 0.25) is 11.6 Å². The highest BCUT2D eigenvalue weighted by atomic mass is 79.9. The van der Waals surface area contributed by atoms with E-state index in [0.717, 1.165) is 11.6 Å². The van der Waals surface area contributed by atoms with E-state index in [-0.39, 0.29) is 11.5 Å². The van der Waals surface area contributed by atoms with E-state index in [1.807, 2.05) is 6.92 Å². The summed E-state index contributed by atoms with van der Waals surface area (Å²) in [4.78, 5) is 12.2. The topological polar surface area (TPSA) is 26.3 Å². The van der Waals surface area contributed by atoms with Crippen LogP contribution in [0.25, 0.3) is 0 Å². The Balaban J connectivity index is 2.20. The number of rotatable bonds is 4. The number of benzene rings is 2. The number of ether oxygens (including phenoxy) is 1. The molecule has 2 aromatic rings. The summed E-state index contributed by atoms with van der Waals surface area (Å²) in [5.41, 5.74) is 1.49. The molecule has 0 heterocycles. The molecule has 0 aliphatic rings. The van der Waals surface area contributed by atoms with E-state index in [9.17, 15) is 13.6 Å². The van der Waals surface area contributed by atoms with Gasteiger partial charge < -0.3 is 4.74 Å². The van der Waals surface area contributed by atoms with Crippen molar-refractivity contribution >= 4 is 21.7 Å². The number of ketones is 1. The van der Waals surface area contributed by atoms with Crippen LogP contribution in [0.2, 0.25) is 0 Å². The van der Waals surface area contributed by atoms with E-state index < -0.39 is 17.7 Å². The third kappa shape index (κ3) is 3.67. The summed E-state index contributed by atoms with van der Waals surface area (Å²) in [6.45, 7) is 3.41. The number of hydrogen-bond donors (Lipinski definition) is 0. The lowest BCUT2D eigenvalue weighted by molar-refractivity contribution is 0.0810. The largest absolute Gasteiger partial charge is 0.479 e. The lowest BCUT2D eigenvalue weighted by atomic mass is 10.1. The Morgan fingerprint density at radius 1 is 1.19 bits per heavy atom. The van der Waals surface area contributed by atoms with Gasteiger partial charge in [0.05, 0.1) is 0 Å². The quantitative estimate of drug-likeness (QED) is 0.588. The summed E-state index contributed by atoms with van der Waals surface area (Å²) >= 11 is 3.06. The summed E-state index contributed by atoms with van der Waals surface area (Å²) in [5.74, 6) is -2.74. The van der Waals surface area contributed by atoms with Crippen molar-refractivity contribution in [3.8, 4) is 5.75 Å². The monoisotopic (exact) mass is 354 g/mol. The summed E-state index contributed by atoms with van der Waals surface area (Å²) in [6, 6.07) is 9.25. The molecule has 1 unspecified atom stereocenters. The van der Waals surface area contributed by atoms with Crippen molar-refractivity contribution < 1.29 is 18.3 Å². The predicted octanol–water partition coefficient (Wildman–Crippen LogP) is 4.69. The first-order valence-electron chi connectivity index (χ1n) is 6.30. The zero-order chi connectivity index (χ0) is 15.6. The smallest absolute Gasteiger partial charge is 0.202 e. The third-order valence-electron chi connectivity index (χ3n) is 2.97. The van der Waals surface area contributed by atoms with Crippen LogP contribution in [0.4, 0.5) is 8.78 Å². The molecule has 0 saturated carbocycles. The van der Waals surface area contributed by atoms with Gasteiger partial charge >= 0.3 is 0 Å². The maximum absolute atomic E-state index is 13.6. The van der Waals surface area contributed by atoms with Gasteiger partial charge in [0, 0.05) is 10.0 Å². The molecule has 0 saturated heterocycles. The Morgan fingerprint density at radius 2 is 1.81 bits per heavy atom. The van der Waals surface area contributed by atoms with Crippen LogP contribution in [0.1, 0.15) is 22.8 Å². The molecule has 0 aromatic heterocycles. The number of carbonyl (C=O) groups excluding carboxylic acids is 1. The second-order valence-corrected chi connectivity index (χ2v) is 5.61. The van der Waals surface area contributed by atoms with Crippen molar-refractivity contribution in [1.29, 1.82) is 0 Å². The van der Waals surface area contributed by atoms with Gasteiger partial charge in [0.15, 0.2) is 17.7 Å². The number of hydrogen-bond acceptors (Lipinski definition) is 2. The van der Waals surface area contributed by atoms with Gasteiger partial charge in [-0.1, -0.05) is 45.8 Å². The first kappa shape index (κ1) is 15.6. The molecule has 1 atom stereocenters. The second-order valence-electron chi connectivity index (χ2n) is 4.69. The molecule has 21 heavy (non-hydrogen) atoms. The summed E-state index contributed by atoms with van der Waals surface area (Å²) < 4.78 is 32.5. The molecule has 2 nitrogen and oxygen atoms in total. The molecule has 2 rings (SSSR count). The Kier molecular flexibility index (Phi) is 4.73. The van der Waals surface area contributed by atoms with Crippen molar-refractivity contribution in [2.45, 2.75) is 20.0 Å². The van der Waals surface area contributed by atoms with Crippen LogP contribution in [-0.2, 0) is 0 Å². The minimum Gasteiger partial charge on any atom is -0.479 e. The number of halogens is 3. The Labute approximate surface area is 129 Å². The maximum Gasteiger partial charge on any atom is 0.202 e. The van der Waals surface area contributed by atoms with Crippen LogP contribution in [0.15, 0.2) is 40.9 Å². The summed E-state index contributed by atoms with van der Waals surface area (Å²) in [5, 5.41) is 0. The number of aryl methyl sites for hydroxylation is 1. The van der Waals surface area contributed by atoms with E-state index in [1.54, 1.807) is 24.3 Å². The zero-order valence-corrected chi connectivity index (χ0v) is 13.1. The first-order valence-corrected chi connectivity index (χ1v) is 7.10. The van der Waals surface area contributed by atoms with Crippen LogP contribution in [0.3, 0.4) is 0 Å². The average molecular weight is 355 g/mol. The van der Waals surface area contributed by atoms with E-state index in [2.05, 4.69) is 15.9 Å². The maximum atomic E-state index is 13.6. The van der Waals surface area contributed by atoms with Crippen LogP contribution in [-0.4, -0.2) is 11.9 Å². The van der Waals surface area contributed by atoms with Gasteiger partial charge in [-0.25, -0.2) is 4.39 Å². The molecule has 0 spiro atoms. The highest BCUT2D eigenvalue weighted by Gasteiger charge is 2.20. The molecule has 0 N–H and O–H groups in total. The fourth-order valence-corrected chi connectivity index (χ4v) is 2.22. The van der Waals surface area contributed by atoms with Gasteiger partial charge in [-0.15, -0.1) is 0 Å². The Morgan fingerprint density at radius 3 is 2.43 bits per heavy atom. The van der Waals surface area contributed by atoms with Gasteiger partial charge in [-0.3, -0.25) is 4.79 Å². The summed E-state index contributed by atoms with van der Waals surface area (Å²) in [7, 11) is 0. The van der Waals surface area contributed by atoms with E-state index in [4.69, 9.17) is 4.74 Å². The third-order valence-corrected chi connectivity index (χ3v) is 3.43. The Hall–Kier alpha value is -1.75. The lowest BCUT2D eigenvalue weighted by Crippen LogP contribution is -2.24. The van der Waals surface area contributed by atoms with E-state index >= 15 is 0 Å². The van der Waals surface area contributed by atoms with Crippen LogP contribution in [0, 0.1) is 18.6 Å². The van der Waals surface area contributed by atoms with Crippen molar-refractivity contribution in [2.75, 3.05) is 0 Å². The minimum atomic E-state index is -1.11. The zero-order valence-electron chi connectivity index (χ0n) is 11.5. The standard InChI is InChI=1S/C16H13BrF2O2/c1-9-3-5-11(6-4-9)16(20)10(2)21-14-8-12(17)7-13(18)15(14)19/h3-8,10H,1-2H3. The predicted molar refractivity (Wildman–Crippen MR) is 79.7 cm³/mol. The molecule has 2 aromatic carbocycles. The van der Waals surface area contributed by atoms with Crippen molar-refractivity contribution in [3.63, 3.8) is 0 Å². The molecular weight excluding hydrogens is 342 g/mol. The van der Waals surface area contributed by atoms with E-state index in [0.29, 0.717) is 10.0 Å². The molecule has 0 radical (unpaired) electrons. The van der Waals surface area contributed by atoms with Crippen LogP contribution in [0.5, 0.6) is 5.75 Å². The van der Waals surface area contributed by atoms with Gasteiger partial charge in [0.25, 0.3) is 0 Å². The van der Waals surface area contributed by atoms with Gasteiger partial charge in [0.1, 0.15) is 0 Å². The molecule has 5 heteroatoms. The number of carbonyl (C=O) groups is 1. The molecule has 0 aliphatic heterocycles. The minimum absolute atomic E-state index is 0.296. The lowest BCUT2D eigenvalue weighted by Gasteiger charge is -2.15. The van der Waals surface area contributed by atoms with Crippen LogP contribution < -0.4 is 4.74 Å². The number of Topliss-reactive ketones (excluding diaryl/α,β-unsaturated/α-hetero) is 1. The molecule has 0 amide bonds. The molecule has 110 valence electrons. The fourth-order valence-electron chi connectivity index (χ4n) is 1.81. The van der Waals surface area contributed by atoms with Crippen molar-refractivity contribution in [2.24, 2.45) is 0 Å². The van der Waals surface area contributed by atoms with Crippen molar-refractivity contribution in [1.82, 2.24) is 0 Å². The highest BCUT2D eigenvalue weighted by Crippen LogP contribution is 2.26. The summed E-state index contributed by atoms with van der Waals surface area (Å²) in [6.07, 6.45) is -0.920. The molecule has 0 aliphatic carbocycles. The molecular formula is C16H13BrF2O2. The first-order chi connectivity index (χ1) is 9.88. The van der Waals surface area contributed by atoms with Crippen molar-refractivity contribution in [3.05, 3.63) is 63.6 Å². The Bertz CT molecular complexity index is 669. The average Bonchev–Trinajstić information content (AvgIpc) is 2.44. The van der Waals surface area contributed by atoms with Gasteiger partial charge in [-0.2, -0.15) is 4.39 Å². The SMILES string of the molecule is Cc1ccc(C(=O)C(C)Oc2cc(Br)cc(F)c2F)cc1. The molecule has 0 fully saturated rings. The normalized spacial score (nSPS) is 12.0. The fraction of sp³-hybridized carbons (Fsp3) is 0.188. The molecule has 0 bridgehead atoms. The van der Waals surface area contributed by atoms with Gasteiger partial charge in [-0.05, 0) is 26.0 Å². The van der Waals surface area contributed by atoms with E-state index in [1.165, 1.54) is 13.0 Å². The van der Waals surface area contributed by atoms with Crippen LogP contribution >= 0.6 is 15.9 Å². The highest BCUT2D eigenvalue weighted by molar-refractivity contribution is 9.10.